The van der Waals surface area contributed by atoms with Crippen LogP contribution < -0.4 is 30.8 Å². The molecule has 0 atom stereocenters. The van der Waals surface area contributed by atoms with Crippen molar-refractivity contribution in [1.82, 2.24) is 35.6 Å². The Kier molecular flexibility index (Phi) is 35.4. The highest BCUT2D eigenvalue weighted by Crippen LogP contribution is 2.40. The monoisotopic (exact) mass is 1820 g/mol. The number of nitrogens with two attached hydrogens (primary N) is 1. The lowest BCUT2D eigenvalue weighted by Crippen LogP contribution is -2.41. The summed E-state index contributed by atoms with van der Waals surface area (Å²) in [7, 11) is 3.52. The van der Waals surface area contributed by atoms with Crippen LogP contribution in [0.4, 0.5) is 4.39 Å². The van der Waals surface area contributed by atoms with Crippen LogP contribution in [-0.4, -0.2) is 109 Å². The van der Waals surface area contributed by atoms with Crippen molar-refractivity contribution in [2.24, 2.45) is 5.73 Å². The number of carboxylic acid groups (broad SMARTS) is 1. The minimum Gasteiger partial charge on any atom is -0.506 e. The number of nitriles is 4. The van der Waals surface area contributed by atoms with Crippen LogP contribution in [-0.2, 0) is 30.1 Å². The molecule has 5 heterocycles. The Hall–Kier alpha value is -13.0. The van der Waals surface area contributed by atoms with Crippen molar-refractivity contribution in [2.75, 3.05) is 21.3 Å². The normalized spacial score (nSPS) is 11.5. The van der Waals surface area contributed by atoms with Crippen LogP contribution in [0.1, 0.15) is 108 Å². The molecular weight excluding hydrogens is 1760 g/mol. The number of carbonyl (C=O) groups is 4. The average Bonchev–Trinajstić information content (AvgIpc) is 1.62. The summed E-state index contributed by atoms with van der Waals surface area (Å²) >= 11 is 30.3. The standard InChI is InChI=1S/C19H12ClN3O3.C18H10ClN3O3.C15H9BrClNO3.C10H15BN2O2.C8H7ClO3.C8H12N2O.C7H3BrFN/c1-25-19(24)12-5-6-18(16(20)9-12)26-17-4-2-3-14(15(17)10-21)13-7-8-22-23-11-13;19-15-8-11(18(23)24)4-5-17(15)25-16-3-1-2-13(14(16)9-20)12-6-7-21-22-10-12;1-20-15(19)9-5-6-14(12(17)7-9)21-13-4-2-3-11(16)10(13)8-18;1-9(2)10(3,4)15-11(14-9)8-5-6-12-13-7-8;1-12-8(11)5-2-3-7(10)6(9)4-5;1-5-3-8(11)7(4-9)6(2)10-5;8-6-2-1-3-7(9)5(6)4-10/h2-9,11H,1H3;1-8,10H,(H,23,24);2-7H,1H3;5-7H,1-4H3;2-4,10H,1H3;3H,4,9H2,1-2H3,(H,10,11);1-3H. The molecule has 610 valence electrons. The zero-order valence-corrected chi connectivity index (χ0v) is 71.0. The number of esters is 3. The van der Waals surface area contributed by atoms with E-state index in [1.807, 2.05) is 47.6 Å². The number of nitrogens with zero attached hydrogens (tertiary/aromatic N) is 10. The number of carbonyl (C=O) groups excluding carboxylic acids is 3. The second-order valence-electron chi connectivity index (χ2n) is 25.4. The Labute approximate surface area is 724 Å². The SMILES string of the molecule is CC1(C)OB(c2ccnnc2)OC1(C)C.COC(=O)c1ccc(O)c(Cl)c1.COC(=O)c1ccc(Oc2cccc(-c3ccnnc3)c2C#N)c(Cl)c1.COC(=O)c1ccc(Oc2cccc(Br)c2C#N)c(Cl)c1.Cc1cc(=O)c(CN)c(C)[nH]1.N#Cc1c(F)cccc1Br.N#Cc1c(Oc2ccc(C(=O)O)cc2Cl)cccc1-c1ccnnc1. The van der Waals surface area contributed by atoms with Gasteiger partial charge in [-0.15, -0.1) is 0 Å². The molecule has 1 saturated heterocycles. The molecule has 0 spiro atoms. The Bertz CT molecular complexity index is 5890. The number of hydrogen-bond donors (Lipinski definition) is 4. The Balaban J connectivity index is 0.000000198. The molecule has 1 aliphatic rings. The summed E-state index contributed by atoms with van der Waals surface area (Å²) < 4.78 is 56.4. The number of carboxylic acids is 1. The first-order valence-electron chi connectivity index (χ1n) is 34.8. The number of aromatic amines is 1. The maximum atomic E-state index is 12.6. The number of rotatable bonds is 14. The van der Waals surface area contributed by atoms with Gasteiger partial charge in [0.15, 0.2) is 5.43 Å². The van der Waals surface area contributed by atoms with Gasteiger partial charge in [-0.05, 0) is 201 Å². The van der Waals surface area contributed by atoms with Gasteiger partial charge in [0.05, 0.1) is 99.7 Å². The number of aromatic hydroxyl groups is 1. The third-order valence-corrected chi connectivity index (χ3v) is 19.5. The summed E-state index contributed by atoms with van der Waals surface area (Å²) in [6, 6.07) is 52.3. The number of H-pyrrole nitrogens is 1. The lowest BCUT2D eigenvalue weighted by Gasteiger charge is -2.32. The summed E-state index contributed by atoms with van der Waals surface area (Å²) in [5.74, 6) is -1.13. The first kappa shape index (κ1) is 94.1. The molecular formula is C85H68BBr2Cl4FN12O15. The fraction of sp³-hybridized carbons (Fsp3) is 0.141. The highest BCUT2D eigenvalue weighted by Gasteiger charge is 2.52. The number of nitrogens with one attached hydrogen (secondary N) is 1. The average molecular weight is 1830 g/mol. The highest BCUT2D eigenvalue weighted by atomic mass is 79.9. The van der Waals surface area contributed by atoms with Gasteiger partial charge in [0.2, 0.25) is 0 Å². The fourth-order valence-corrected chi connectivity index (χ4v) is 11.9. The van der Waals surface area contributed by atoms with Crippen molar-refractivity contribution in [3.63, 3.8) is 0 Å². The number of phenols is 1. The Morgan fingerprint density at radius 3 is 1.25 bits per heavy atom. The van der Waals surface area contributed by atoms with Gasteiger partial charge in [0.1, 0.15) is 92.6 Å². The molecule has 35 heteroatoms. The number of ether oxygens (including phenoxy) is 6. The van der Waals surface area contributed by atoms with Crippen molar-refractivity contribution in [3.05, 3.63) is 314 Å². The molecule has 27 nitrogen and oxygen atoms in total. The predicted molar refractivity (Wildman–Crippen MR) is 453 cm³/mol. The molecule has 0 radical (unpaired) electrons. The van der Waals surface area contributed by atoms with Crippen molar-refractivity contribution in [2.45, 2.75) is 59.3 Å². The van der Waals surface area contributed by atoms with Gasteiger partial charge in [-0.1, -0.05) is 82.8 Å². The van der Waals surface area contributed by atoms with Gasteiger partial charge in [-0.3, -0.25) is 4.79 Å². The summed E-state index contributed by atoms with van der Waals surface area (Å²) in [5, 5.41) is 78.1. The van der Waals surface area contributed by atoms with Gasteiger partial charge in [0.25, 0.3) is 0 Å². The molecule has 5 N–H and O–H groups in total. The van der Waals surface area contributed by atoms with Crippen LogP contribution in [0.15, 0.2) is 221 Å². The van der Waals surface area contributed by atoms with E-state index in [0.29, 0.717) is 94.3 Å². The van der Waals surface area contributed by atoms with Gasteiger partial charge >= 0.3 is 31.0 Å². The van der Waals surface area contributed by atoms with Crippen LogP contribution in [0.2, 0.25) is 20.1 Å². The lowest BCUT2D eigenvalue weighted by atomic mass is 9.81. The number of benzene rings is 8. The molecule has 1 aliphatic heterocycles. The maximum Gasteiger partial charge on any atom is 0.496 e. The van der Waals surface area contributed by atoms with Crippen LogP contribution in [0.5, 0.6) is 40.2 Å². The highest BCUT2D eigenvalue weighted by molar-refractivity contribution is 9.10. The van der Waals surface area contributed by atoms with E-state index >= 15 is 0 Å². The largest absolute Gasteiger partial charge is 0.506 e. The third kappa shape index (κ3) is 25.7. The van der Waals surface area contributed by atoms with Crippen molar-refractivity contribution in [3.8, 4) is 86.8 Å². The summed E-state index contributed by atoms with van der Waals surface area (Å²) in [5.41, 5.74) is 13.0. The van der Waals surface area contributed by atoms with Crippen LogP contribution in [0.3, 0.4) is 0 Å². The van der Waals surface area contributed by atoms with E-state index < -0.39 is 29.7 Å². The minimum atomic E-state index is -1.08. The predicted octanol–water partition coefficient (Wildman–Crippen LogP) is 18.5. The topological polar surface area (TPSA) is 414 Å². The first-order valence-corrected chi connectivity index (χ1v) is 37.9. The second-order valence-corrected chi connectivity index (χ2v) is 28.7. The molecule has 4 aromatic heterocycles. The van der Waals surface area contributed by atoms with E-state index in [9.17, 15) is 38.9 Å². The third-order valence-electron chi connectivity index (χ3n) is 17.0. The van der Waals surface area contributed by atoms with E-state index in [0.717, 1.165) is 28.0 Å². The molecule has 12 aromatic rings. The van der Waals surface area contributed by atoms with E-state index in [1.165, 1.54) is 94.3 Å². The number of halogens is 7. The molecule has 13 rings (SSSR count). The summed E-state index contributed by atoms with van der Waals surface area (Å²) in [4.78, 5) is 59.1. The van der Waals surface area contributed by atoms with Crippen LogP contribution in [0, 0.1) is 65.0 Å². The molecule has 0 saturated carbocycles. The second kappa shape index (κ2) is 45.1. The van der Waals surface area contributed by atoms with Crippen LogP contribution in [0.25, 0.3) is 22.3 Å². The number of hydrogen-bond acceptors (Lipinski definition) is 25. The molecule has 8 aromatic carbocycles. The van der Waals surface area contributed by atoms with E-state index in [-0.39, 0.29) is 66.5 Å². The zero-order chi connectivity index (χ0) is 88.0. The summed E-state index contributed by atoms with van der Waals surface area (Å²) in [6.45, 7) is 12.1. The van der Waals surface area contributed by atoms with Crippen molar-refractivity contribution < 1.29 is 71.5 Å². The molecule has 0 aliphatic carbocycles. The minimum absolute atomic E-state index is 0.0289. The fourth-order valence-electron chi connectivity index (χ4n) is 10.2. The smallest absolute Gasteiger partial charge is 0.496 e. The number of pyridine rings is 1. The Morgan fingerprint density at radius 1 is 0.508 bits per heavy atom. The van der Waals surface area contributed by atoms with E-state index in [4.69, 9.17) is 96.4 Å². The van der Waals surface area contributed by atoms with Gasteiger partial charge in [0, 0.05) is 78.6 Å². The van der Waals surface area contributed by atoms with E-state index in [2.05, 4.69) is 99.9 Å². The number of phenolic OH excluding ortho intramolecular Hbond substituents is 1. The summed E-state index contributed by atoms with van der Waals surface area (Å²) in [6.07, 6.45) is 9.51. The zero-order valence-electron chi connectivity index (χ0n) is 64.8. The van der Waals surface area contributed by atoms with Gasteiger partial charge in [-0.25, -0.2) is 23.6 Å². The molecule has 0 amide bonds. The number of aromatic carboxylic acids is 1. The Morgan fingerprint density at radius 2 is 0.892 bits per heavy atom. The van der Waals surface area contributed by atoms with Crippen molar-refractivity contribution >= 4 is 115 Å². The molecule has 0 bridgehead atoms. The molecule has 0 unspecified atom stereocenters. The first-order chi connectivity index (χ1) is 57.3. The van der Waals surface area contributed by atoms with Crippen LogP contribution >= 0.6 is 78.3 Å². The molecule has 1 fully saturated rings. The number of aromatic nitrogens is 7. The maximum absolute atomic E-state index is 12.6. The quantitative estimate of drug-likeness (QED) is 0.0446. The van der Waals surface area contributed by atoms with Crippen molar-refractivity contribution in [1.29, 1.82) is 21.0 Å². The van der Waals surface area contributed by atoms with Gasteiger partial charge in [-0.2, -0.15) is 51.6 Å². The number of aryl methyl sites for hydroxylation is 2. The van der Waals surface area contributed by atoms with Gasteiger partial charge < -0.3 is 58.7 Å². The lowest BCUT2D eigenvalue weighted by molar-refractivity contribution is 0.00578. The number of methoxy groups -OCH3 is 3. The molecule has 120 heavy (non-hydrogen) atoms. The van der Waals surface area contributed by atoms with E-state index in [1.54, 1.807) is 134 Å².